The predicted molar refractivity (Wildman–Crippen MR) is 79.2 cm³/mol. The second-order valence-corrected chi connectivity index (χ2v) is 7.24. The van der Waals surface area contributed by atoms with Crippen LogP contribution in [0.5, 0.6) is 0 Å². The highest BCUT2D eigenvalue weighted by Gasteiger charge is 2.20. The number of benzene rings is 1. The zero-order valence-electron chi connectivity index (χ0n) is 10.8. The molecule has 1 rings (SSSR count). The standard InChI is InChI=1S/C13H20BrNO2S/c1-11(2)13(8-9-14)15-18(16,17)10-12-6-4-3-5-7-12/h3-7,11,13,15H,8-10H2,1-2H3. The minimum atomic E-state index is -3.27. The van der Waals surface area contributed by atoms with Gasteiger partial charge >= 0.3 is 0 Å². The maximum atomic E-state index is 12.1. The van der Waals surface area contributed by atoms with Crippen molar-refractivity contribution in [1.82, 2.24) is 4.72 Å². The van der Waals surface area contributed by atoms with Gasteiger partial charge in [-0.15, -0.1) is 0 Å². The minimum absolute atomic E-state index is 0.0157. The Morgan fingerprint density at radius 3 is 2.33 bits per heavy atom. The van der Waals surface area contributed by atoms with E-state index in [9.17, 15) is 8.42 Å². The number of hydrogen-bond acceptors (Lipinski definition) is 2. The lowest BCUT2D eigenvalue weighted by atomic mass is 10.0. The van der Waals surface area contributed by atoms with Crippen molar-refractivity contribution in [3.05, 3.63) is 35.9 Å². The molecule has 0 fully saturated rings. The van der Waals surface area contributed by atoms with Crippen molar-refractivity contribution < 1.29 is 8.42 Å². The van der Waals surface area contributed by atoms with Crippen molar-refractivity contribution >= 4 is 26.0 Å². The van der Waals surface area contributed by atoms with Crippen LogP contribution in [0.4, 0.5) is 0 Å². The summed E-state index contributed by atoms with van der Waals surface area (Å²) >= 11 is 3.36. The summed E-state index contributed by atoms with van der Waals surface area (Å²) in [5, 5.41) is 0.795. The summed E-state index contributed by atoms with van der Waals surface area (Å²) in [6, 6.07) is 9.22. The van der Waals surface area contributed by atoms with Crippen LogP contribution >= 0.6 is 15.9 Å². The molecular weight excluding hydrogens is 314 g/mol. The summed E-state index contributed by atoms with van der Waals surface area (Å²) < 4.78 is 26.9. The van der Waals surface area contributed by atoms with E-state index in [0.29, 0.717) is 0 Å². The van der Waals surface area contributed by atoms with Gasteiger partial charge in [0.05, 0.1) is 5.75 Å². The van der Waals surface area contributed by atoms with Crippen molar-refractivity contribution in [2.75, 3.05) is 5.33 Å². The summed E-state index contributed by atoms with van der Waals surface area (Å²) in [7, 11) is -3.27. The lowest BCUT2D eigenvalue weighted by Gasteiger charge is -2.21. The first-order valence-corrected chi connectivity index (χ1v) is 8.82. The molecule has 0 spiro atoms. The fourth-order valence-corrected chi connectivity index (χ4v) is 3.77. The molecule has 0 amide bonds. The van der Waals surface area contributed by atoms with E-state index in [2.05, 4.69) is 20.7 Å². The molecule has 1 N–H and O–H groups in total. The molecule has 0 saturated carbocycles. The van der Waals surface area contributed by atoms with E-state index in [-0.39, 0.29) is 17.7 Å². The van der Waals surface area contributed by atoms with Crippen molar-refractivity contribution in [1.29, 1.82) is 0 Å². The van der Waals surface area contributed by atoms with Crippen LogP contribution in [-0.4, -0.2) is 19.8 Å². The molecule has 0 aliphatic rings. The van der Waals surface area contributed by atoms with Gasteiger partial charge in [-0.25, -0.2) is 13.1 Å². The molecule has 3 nitrogen and oxygen atoms in total. The second-order valence-electron chi connectivity index (χ2n) is 4.69. The molecule has 1 unspecified atom stereocenters. The molecule has 1 atom stereocenters. The van der Waals surface area contributed by atoms with Crippen molar-refractivity contribution in [2.45, 2.75) is 32.1 Å². The van der Waals surface area contributed by atoms with Gasteiger partial charge in [-0.2, -0.15) is 0 Å². The van der Waals surface area contributed by atoms with E-state index in [4.69, 9.17) is 0 Å². The summed E-state index contributed by atoms with van der Waals surface area (Å²) in [6.45, 7) is 4.05. The van der Waals surface area contributed by atoms with Gasteiger partial charge < -0.3 is 0 Å². The SMILES string of the molecule is CC(C)C(CCBr)NS(=O)(=O)Cc1ccccc1. The number of rotatable bonds is 7. The van der Waals surface area contributed by atoms with E-state index in [1.54, 1.807) is 0 Å². The molecule has 5 heteroatoms. The van der Waals surface area contributed by atoms with E-state index < -0.39 is 10.0 Å². The van der Waals surface area contributed by atoms with Crippen LogP contribution in [0.2, 0.25) is 0 Å². The Morgan fingerprint density at radius 1 is 1.22 bits per heavy atom. The number of alkyl halides is 1. The number of sulfonamides is 1. The van der Waals surface area contributed by atoms with Crippen LogP contribution in [0.15, 0.2) is 30.3 Å². The molecule has 1 aromatic carbocycles. The number of hydrogen-bond donors (Lipinski definition) is 1. The second kappa shape index (κ2) is 7.26. The maximum absolute atomic E-state index is 12.1. The number of halogens is 1. The van der Waals surface area contributed by atoms with Gasteiger partial charge in [-0.1, -0.05) is 60.1 Å². The summed E-state index contributed by atoms with van der Waals surface area (Å²) in [5.74, 6) is 0.326. The molecule has 0 radical (unpaired) electrons. The van der Waals surface area contributed by atoms with Gasteiger partial charge in [0.2, 0.25) is 10.0 Å². The van der Waals surface area contributed by atoms with E-state index in [1.165, 1.54) is 0 Å². The average molecular weight is 334 g/mol. The fraction of sp³-hybridized carbons (Fsp3) is 0.538. The molecule has 1 aromatic rings. The third-order valence-electron chi connectivity index (χ3n) is 2.76. The molecule has 0 aromatic heterocycles. The first-order chi connectivity index (χ1) is 8.44. The highest BCUT2D eigenvalue weighted by Crippen LogP contribution is 2.11. The van der Waals surface area contributed by atoms with Gasteiger partial charge in [-0.3, -0.25) is 0 Å². The molecule has 0 heterocycles. The highest BCUT2D eigenvalue weighted by molar-refractivity contribution is 9.09. The van der Waals surface area contributed by atoms with Gasteiger partial charge in [0.25, 0.3) is 0 Å². The first-order valence-electron chi connectivity index (χ1n) is 6.04. The lowest BCUT2D eigenvalue weighted by molar-refractivity contribution is 0.440. The Morgan fingerprint density at radius 2 is 1.83 bits per heavy atom. The topological polar surface area (TPSA) is 46.2 Å². The Hall–Kier alpha value is -0.390. The van der Waals surface area contributed by atoms with E-state index >= 15 is 0 Å². The monoisotopic (exact) mass is 333 g/mol. The summed E-state index contributed by atoms with van der Waals surface area (Å²) in [4.78, 5) is 0. The minimum Gasteiger partial charge on any atom is -0.212 e. The third kappa shape index (κ3) is 5.50. The molecule has 0 aliphatic heterocycles. The molecule has 0 aliphatic carbocycles. The van der Waals surface area contributed by atoms with Gasteiger partial charge in [0.15, 0.2) is 0 Å². The zero-order chi connectivity index (χ0) is 13.6. The van der Waals surface area contributed by atoms with Crippen LogP contribution < -0.4 is 4.72 Å². The molecule has 102 valence electrons. The molecule has 0 saturated heterocycles. The maximum Gasteiger partial charge on any atom is 0.216 e. The third-order valence-corrected chi connectivity index (χ3v) is 4.59. The molecule has 0 bridgehead atoms. The van der Waals surface area contributed by atoms with Crippen LogP contribution in [-0.2, 0) is 15.8 Å². The Bertz CT molecular complexity index is 445. The van der Waals surface area contributed by atoms with Gasteiger partial charge in [-0.05, 0) is 17.9 Å². The largest absolute Gasteiger partial charge is 0.216 e. The van der Waals surface area contributed by atoms with Crippen LogP contribution in [0.25, 0.3) is 0 Å². The zero-order valence-corrected chi connectivity index (χ0v) is 13.2. The quantitative estimate of drug-likeness (QED) is 0.780. The average Bonchev–Trinajstić information content (AvgIpc) is 2.28. The smallest absolute Gasteiger partial charge is 0.212 e. The van der Waals surface area contributed by atoms with Crippen molar-refractivity contribution in [3.8, 4) is 0 Å². The first kappa shape index (κ1) is 15.7. The summed E-state index contributed by atoms with van der Waals surface area (Å²) in [5.41, 5.74) is 0.811. The highest BCUT2D eigenvalue weighted by atomic mass is 79.9. The van der Waals surface area contributed by atoms with Gasteiger partial charge in [0.1, 0.15) is 0 Å². The Labute approximate surface area is 118 Å². The van der Waals surface area contributed by atoms with Crippen LogP contribution in [0, 0.1) is 5.92 Å². The van der Waals surface area contributed by atoms with Crippen molar-refractivity contribution in [3.63, 3.8) is 0 Å². The Balaban J connectivity index is 2.69. The predicted octanol–water partition coefficient (Wildman–Crippen LogP) is 2.92. The fourth-order valence-electron chi connectivity index (χ4n) is 1.71. The normalized spacial score (nSPS) is 13.8. The Kier molecular flexibility index (Phi) is 6.32. The van der Waals surface area contributed by atoms with E-state index in [1.807, 2.05) is 44.2 Å². The number of nitrogens with one attached hydrogen (secondary N) is 1. The van der Waals surface area contributed by atoms with E-state index in [0.717, 1.165) is 17.3 Å². The van der Waals surface area contributed by atoms with Crippen LogP contribution in [0.1, 0.15) is 25.8 Å². The molecular formula is C13H20BrNO2S. The summed E-state index contributed by atoms with van der Waals surface area (Å²) in [6.07, 6.45) is 0.797. The lowest BCUT2D eigenvalue weighted by Crippen LogP contribution is -2.39. The van der Waals surface area contributed by atoms with Crippen molar-refractivity contribution in [2.24, 2.45) is 5.92 Å². The van der Waals surface area contributed by atoms with Crippen LogP contribution in [0.3, 0.4) is 0 Å². The van der Waals surface area contributed by atoms with Gasteiger partial charge in [0, 0.05) is 11.4 Å². The molecule has 18 heavy (non-hydrogen) atoms.